The number of aromatic nitrogens is 1. The fraction of sp³-hybridized carbons (Fsp3) is 0.111. The lowest BCUT2D eigenvalue weighted by molar-refractivity contribution is 1.46. The normalized spacial score (nSPS) is 10.2. The van der Waals surface area contributed by atoms with Crippen molar-refractivity contribution >= 4 is 22.9 Å². The second-order valence-corrected chi connectivity index (χ2v) is 4.66. The van der Waals surface area contributed by atoms with Crippen LogP contribution in [-0.2, 0) is 0 Å². The Morgan fingerprint density at radius 1 is 1.23 bits per heavy atom. The SMILES string of the molecule is Cc1ccc(-c2nsc(=O)s2)cc1. The number of hydrogen-bond donors (Lipinski definition) is 0. The Morgan fingerprint density at radius 2 is 1.92 bits per heavy atom. The topological polar surface area (TPSA) is 30.0 Å². The van der Waals surface area contributed by atoms with Crippen LogP contribution in [0.5, 0.6) is 0 Å². The third kappa shape index (κ3) is 1.84. The van der Waals surface area contributed by atoms with Crippen LogP contribution in [0, 0.1) is 6.92 Å². The van der Waals surface area contributed by atoms with Crippen molar-refractivity contribution in [1.82, 2.24) is 4.37 Å². The Kier molecular flexibility index (Phi) is 2.24. The summed E-state index contributed by atoms with van der Waals surface area (Å²) in [7, 11) is 0. The van der Waals surface area contributed by atoms with Crippen LogP contribution in [0.2, 0.25) is 0 Å². The fourth-order valence-corrected chi connectivity index (χ4v) is 2.44. The van der Waals surface area contributed by atoms with Crippen molar-refractivity contribution < 1.29 is 0 Å². The highest BCUT2D eigenvalue weighted by atomic mass is 32.2. The molecule has 0 amide bonds. The van der Waals surface area contributed by atoms with E-state index in [1.807, 2.05) is 31.2 Å². The Hall–Kier alpha value is -1.00. The van der Waals surface area contributed by atoms with E-state index in [0.29, 0.717) is 0 Å². The Morgan fingerprint density at radius 3 is 2.46 bits per heavy atom. The summed E-state index contributed by atoms with van der Waals surface area (Å²) in [5.41, 5.74) is 2.24. The monoisotopic (exact) mass is 209 g/mol. The van der Waals surface area contributed by atoms with Gasteiger partial charge in [-0.3, -0.25) is 4.79 Å². The highest BCUT2D eigenvalue weighted by Crippen LogP contribution is 2.20. The summed E-state index contributed by atoms with van der Waals surface area (Å²) in [5, 5.41) is 0.815. The highest BCUT2D eigenvalue weighted by Gasteiger charge is 2.02. The zero-order valence-corrected chi connectivity index (χ0v) is 8.61. The van der Waals surface area contributed by atoms with Crippen LogP contribution in [0.4, 0.5) is 0 Å². The predicted molar refractivity (Wildman–Crippen MR) is 56.4 cm³/mol. The van der Waals surface area contributed by atoms with Crippen molar-refractivity contribution in [3.8, 4) is 10.6 Å². The van der Waals surface area contributed by atoms with E-state index >= 15 is 0 Å². The molecule has 0 unspecified atom stereocenters. The van der Waals surface area contributed by atoms with E-state index in [0.717, 1.165) is 22.1 Å². The van der Waals surface area contributed by atoms with Crippen LogP contribution in [0.15, 0.2) is 29.1 Å². The molecule has 0 radical (unpaired) electrons. The van der Waals surface area contributed by atoms with Gasteiger partial charge < -0.3 is 0 Å². The van der Waals surface area contributed by atoms with Crippen molar-refractivity contribution in [2.24, 2.45) is 0 Å². The molecule has 0 fully saturated rings. The average molecular weight is 209 g/mol. The molecule has 4 heteroatoms. The summed E-state index contributed by atoms with van der Waals surface area (Å²) in [6.07, 6.45) is 0. The second-order valence-electron chi connectivity index (χ2n) is 2.71. The van der Waals surface area contributed by atoms with Gasteiger partial charge in [0, 0.05) is 17.1 Å². The molecule has 13 heavy (non-hydrogen) atoms. The third-order valence-electron chi connectivity index (χ3n) is 1.68. The molecule has 0 N–H and O–H groups in total. The molecule has 1 heterocycles. The molecule has 2 aromatic rings. The summed E-state index contributed by atoms with van der Waals surface area (Å²) in [6.45, 7) is 2.04. The molecule has 0 aliphatic heterocycles. The van der Waals surface area contributed by atoms with E-state index < -0.39 is 0 Å². The largest absolute Gasteiger partial charge is 0.306 e. The maximum atomic E-state index is 10.9. The zero-order chi connectivity index (χ0) is 9.26. The first kappa shape index (κ1) is 8.59. The third-order valence-corrected chi connectivity index (χ3v) is 3.38. The van der Waals surface area contributed by atoms with E-state index in [1.54, 1.807) is 0 Å². The Labute approximate surface area is 83.7 Å². The Balaban J connectivity index is 2.47. The van der Waals surface area contributed by atoms with Crippen LogP contribution in [0.3, 0.4) is 0 Å². The van der Waals surface area contributed by atoms with Crippen molar-refractivity contribution in [2.45, 2.75) is 6.92 Å². The van der Waals surface area contributed by atoms with Gasteiger partial charge in [0.05, 0.1) is 0 Å². The lowest BCUT2D eigenvalue weighted by Crippen LogP contribution is -1.76. The number of rotatable bonds is 1. The van der Waals surface area contributed by atoms with E-state index in [1.165, 1.54) is 16.9 Å². The predicted octanol–water partition coefficient (Wildman–Crippen LogP) is 2.54. The summed E-state index contributed by atoms with van der Waals surface area (Å²) in [4.78, 5) is 10.9. The molecule has 66 valence electrons. The molecule has 0 saturated heterocycles. The molecular formula is C9H7NOS2. The van der Waals surface area contributed by atoms with Gasteiger partial charge in [-0.15, -0.1) is 0 Å². The van der Waals surface area contributed by atoms with Gasteiger partial charge in [-0.2, -0.15) is 4.37 Å². The molecule has 0 bridgehead atoms. The lowest BCUT2D eigenvalue weighted by Gasteiger charge is -1.94. The van der Waals surface area contributed by atoms with E-state index in [-0.39, 0.29) is 4.06 Å². The molecule has 0 saturated carbocycles. The minimum Gasteiger partial charge on any atom is -0.264 e. The quantitative estimate of drug-likeness (QED) is 0.722. The van der Waals surface area contributed by atoms with Gasteiger partial charge in [-0.1, -0.05) is 41.2 Å². The summed E-state index contributed by atoms with van der Waals surface area (Å²) < 4.78 is 4.11. The first-order valence-corrected chi connectivity index (χ1v) is 5.38. The fourth-order valence-electron chi connectivity index (χ4n) is 1.00. The highest BCUT2D eigenvalue weighted by molar-refractivity contribution is 7.25. The van der Waals surface area contributed by atoms with E-state index in [2.05, 4.69) is 4.37 Å². The standard InChI is InChI=1S/C9H7NOS2/c1-6-2-4-7(5-3-6)8-10-13-9(11)12-8/h2-5H,1H3. The van der Waals surface area contributed by atoms with Gasteiger partial charge in [0.1, 0.15) is 5.01 Å². The number of benzene rings is 1. The van der Waals surface area contributed by atoms with Gasteiger partial charge >= 0.3 is 4.06 Å². The summed E-state index contributed by atoms with van der Waals surface area (Å²) >= 11 is 2.21. The van der Waals surface area contributed by atoms with Crippen LogP contribution < -0.4 is 4.06 Å². The molecule has 1 aromatic carbocycles. The maximum Gasteiger partial charge on any atom is 0.306 e. The molecule has 0 aliphatic rings. The minimum atomic E-state index is 0.0515. The molecular weight excluding hydrogens is 202 g/mol. The van der Waals surface area contributed by atoms with Crippen molar-refractivity contribution in [2.75, 3.05) is 0 Å². The Bertz CT molecular complexity index is 455. The lowest BCUT2D eigenvalue weighted by atomic mass is 10.2. The molecule has 0 aliphatic carbocycles. The summed E-state index contributed by atoms with van der Waals surface area (Å²) in [5.74, 6) is 0. The van der Waals surface area contributed by atoms with Gasteiger partial charge in [0.2, 0.25) is 0 Å². The number of aryl methyl sites for hydroxylation is 1. The van der Waals surface area contributed by atoms with Gasteiger partial charge in [-0.25, -0.2) is 0 Å². The average Bonchev–Trinajstić information content (AvgIpc) is 2.53. The smallest absolute Gasteiger partial charge is 0.264 e. The van der Waals surface area contributed by atoms with Crippen LogP contribution >= 0.6 is 22.9 Å². The first-order valence-electron chi connectivity index (χ1n) is 3.79. The number of hydrogen-bond acceptors (Lipinski definition) is 4. The second kappa shape index (κ2) is 3.40. The molecule has 2 rings (SSSR count). The first-order chi connectivity index (χ1) is 6.25. The van der Waals surface area contributed by atoms with Crippen molar-refractivity contribution in [1.29, 1.82) is 0 Å². The molecule has 0 spiro atoms. The van der Waals surface area contributed by atoms with Crippen LogP contribution in [0.1, 0.15) is 5.56 Å². The molecule has 2 nitrogen and oxygen atoms in total. The van der Waals surface area contributed by atoms with Crippen molar-refractivity contribution in [3.63, 3.8) is 0 Å². The maximum absolute atomic E-state index is 10.9. The van der Waals surface area contributed by atoms with Gasteiger partial charge in [0.15, 0.2) is 0 Å². The van der Waals surface area contributed by atoms with Gasteiger partial charge in [-0.05, 0) is 6.92 Å². The summed E-state index contributed by atoms with van der Waals surface area (Å²) in [6, 6.07) is 8.01. The number of nitrogens with zero attached hydrogens (tertiary/aromatic N) is 1. The van der Waals surface area contributed by atoms with Crippen LogP contribution in [0.25, 0.3) is 10.6 Å². The minimum absolute atomic E-state index is 0.0515. The van der Waals surface area contributed by atoms with E-state index in [4.69, 9.17) is 0 Å². The van der Waals surface area contributed by atoms with Crippen molar-refractivity contribution in [3.05, 3.63) is 38.7 Å². The van der Waals surface area contributed by atoms with Gasteiger partial charge in [0.25, 0.3) is 0 Å². The molecule has 1 aromatic heterocycles. The molecule has 0 atom stereocenters. The van der Waals surface area contributed by atoms with Crippen LogP contribution in [-0.4, -0.2) is 4.37 Å². The zero-order valence-electron chi connectivity index (χ0n) is 6.98. The van der Waals surface area contributed by atoms with E-state index in [9.17, 15) is 4.79 Å².